The van der Waals surface area contributed by atoms with Crippen LogP contribution in [-0.2, 0) is 0 Å². The Morgan fingerprint density at radius 2 is 2.14 bits per heavy atom. The number of hydrogen-bond acceptors (Lipinski definition) is 4. The van der Waals surface area contributed by atoms with E-state index < -0.39 is 6.10 Å². The van der Waals surface area contributed by atoms with E-state index in [1.54, 1.807) is 0 Å². The minimum absolute atomic E-state index is 0.0883. The van der Waals surface area contributed by atoms with Gasteiger partial charge in [0.1, 0.15) is 5.69 Å². The van der Waals surface area contributed by atoms with Gasteiger partial charge in [0.25, 0.3) is 5.91 Å². The highest BCUT2D eigenvalue weighted by molar-refractivity contribution is 5.99. The van der Waals surface area contributed by atoms with Crippen LogP contribution in [0, 0.1) is 5.92 Å². The smallest absolute Gasteiger partial charge is 0.267 e. The van der Waals surface area contributed by atoms with Crippen molar-refractivity contribution in [1.29, 1.82) is 0 Å². The van der Waals surface area contributed by atoms with E-state index in [1.165, 1.54) is 19.2 Å². The van der Waals surface area contributed by atoms with Gasteiger partial charge in [-0.2, -0.15) is 0 Å². The van der Waals surface area contributed by atoms with Gasteiger partial charge in [0, 0.05) is 24.8 Å². The highest BCUT2D eigenvalue weighted by Gasteiger charge is 2.19. The fourth-order valence-corrected chi connectivity index (χ4v) is 2.64. The van der Waals surface area contributed by atoms with Crippen LogP contribution in [0.1, 0.15) is 47.5 Å². The topological polar surface area (TPSA) is 85.4 Å². The third-order valence-electron chi connectivity index (χ3n) is 4.18. The summed E-state index contributed by atoms with van der Waals surface area (Å²) in [7, 11) is 0. The molecule has 0 bridgehead atoms. The molecule has 0 aromatic carbocycles. The second-order valence-corrected chi connectivity index (χ2v) is 6.21. The maximum atomic E-state index is 11.9. The number of hydrogen-bond donors (Lipinski definition) is 3. The first-order chi connectivity index (χ1) is 10.5. The summed E-state index contributed by atoms with van der Waals surface area (Å²) in [5.74, 6) is 0.366. The third kappa shape index (κ3) is 4.68. The van der Waals surface area contributed by atoms with Crippen molar-refractivity contribution >= 4 is 11.7 Å². The van der Waals surface area contributed by atoms with Gasteiger partial charge in [-0.1, -0.05) is 6.92 Å². The fourth-order valence-electron chi connectivity index (χ4n) is 2.64. The first kappa shape index (κ1) is 16.7. The second-order valence-electron chi connectivity index (χ2n) is 6.21. The van der Waals surface area contributed by atoms with Gasteiger partial charge in [-0.05, 0) is 44.8 Å². The predicted molar refractivity (Wildman–Crippen MR) is 84.0 cm³/mol. The van der Waals surface area contributed by atoms with Gasteiger partial charge in [-0.3, -0.25) is 9.59 Å². The van der Waals surface area contributed by atoms with Crippen LogP contribution < -0.4 is 5.32 Å². The van der Waals surface area contributed by atoms with Crippen LogP contribution in [-0.4, -0.2) is 59.0 Å². The van der Waals surface area contributed by atoms with E-state index in [4.69, 9.17) is 0 Å². The number of aliphatic hydroxyl groups is 1. The van der Waals surface area contributed by atoms with Crippen LogP contribution >= 0.6 is 0 Å². The first-order valence-corrected chi connectivity index (χ1v) is 7.83. The van der Waals surface area contributed by atoms with Gasteiger partial charge < -0.3 is 20.3 Å². The standard InChI is InChI=1S/C16H25N3O3/c1-11-3-5-19(6-4-11)10-14(21)9-18-16(22)15-7-13(8-17-15)12(2)20/h7-8,11,14,17,21H,3-6,9-10H2,1-2H3,(H,18,22). The highest BCUT2D eigenvalue weighted by Crippen LogP contribution is 2.15. The van der Waals surface area contributed by atoms with Gasteiger partial charge in [0.05, 0.1) is 6.10 Å². The molecule has 1 amide bonds. The number of aliphatic hydroxyl groups excluding tert-OH is 1. The van der Waals surface area contributed by atoms with E-state index in [9.17, 15) is 14.7 Å². The number of piperidine rings is 1. The quantitative estimate of drug-likeness (QED) is 0.686. The molecule has 6 nitrogen and oxygen atoms in total. The molecule has 1 fully saturated rings. The third-order valence-corrected chi connectivity index (χ3v) is 4.18. The summed E-state index contributed by atoms with van der Waals surface area (Å²) in [6.07, 6.45) is 3.26. The Hall–Kier alpha value is -1.66. The monoisotopic (exact) mass is 307 g/mol. The van der Waals surface area contributed by atoms with E-state index in [1.807, 2.05) is 0 Å². The number of β-amino-alcohol motifs (C(OH)–C–C–N with tert-alkyl or cyclic N) is 1. The van der Waals surface area contributed by atoms with Crippen LogP contribution in [0.5, 0.6) is 0 Å². The molecule has 22 heavy (non-hydrogen) atoms. The summed E-state index contributed by atoms with van der Waals surface area (Å²) in [5.41, 5.74) is 0.817. The zero-order valence-electron chi connectivity index (χ0n) is 13.3. The number of aromatic amines is 1. The highest BCUT2D eigenvalue weighted by atomic mass is 16.3. The number of carbonyl (C=O) groups is 2. The summed E-state index contributed by atoms with van der Waals surface area (Å²) < 4.78 is 0. The largest absolute Gasteiger partial charge is 0.390 e. The number of carbonyl (C=O) groups excluding carboxylic acids is 2. The number of rotatable bonds is 6. The lowest BCUT2D eigenvalue weighted by atomic mass is 9.99. The lowest BCUT2D eigenvalue weighted by Crippen LogP contribution is -2.43. The molecule has 2 heterocycles. The minimum atomic E-state index is -0.584. The van der Waals surface area contributed by atoms with Crippen LogP contribution in [0.2, 0.25) is 0 Å². The molecule has 3 N–H and O–H groups in total. The van der Waals surface area contributed by atoms with Crippen LogP contribution in [0.3, 0.4) is 0 Å². The molecule has 6 heteroatoms. The molecule has 0 aliphatic carbocycles. The van der Waals surface area contributed by atoms with E-state index in [2.05, 4.69) is 22.1 Å². The average molecular weight is 307 g/mol. The first-order valence-electron chi connectivity index (χ1n) is 7.83. The van der Waals surface area contributed by atoms with Gasteiger partial charge in [-0.25, -0.2) is 0 Å². The summed E-state index contributed by atoms with van der Waals surface area (Å²) in [6.45, 7) is 6.50. The average Bonchev–Trinajstić information content (AvgIpc) is 2.97. The van der Waals surface area contributed by atoms with E-state index in [-0.39, 0.29) is 18.2 Å². The van der Waals surface area contributed by atoms with Crippen molar-refractivity contribution in [3.63, 3.8) is 0 Å². The lowest BCUT2D eigenvalue weighted by Gasteiger charge is -2.31. The number of likely N-dealkylation sites (tertiary alicyclic amines) is 1. The summed E-state index contributed by atoms with van der Waals surface area (Å²) >= 11 is 0. The van der Waals surface area contributed by atoms with Gasteiger partial charge in [0.2, 0.25) is 0 Å². The molecule has 1 aromatic rings. The molecule has 122 valence electrons. The molecule has 1 saturated heterocycles. The molecule has 2 rings (SSSR count). The lowest BCUT2D eigenvalue weighted by molar-refractivity contribution is 0.0793. The molecule has 1 unspecified atom stereocenters. The Bertz CT molecular complexity index is 518. The van der Waals surface area contributed by atoms with Crippen molar-refractivity contribution in [3.8, 4) is 0 Å². The van der Waals surface area contributed by atoms with Crippen LogP contribution in [0.4, 0.5) is 0 Å². The Morgan fingerprint density at radius 1 is 1.45 bits per heavy atom. The van der Waals surface area contributed by atoms with Crippen LogP contribution in [0.15, 0.2) is 12.3 Å². The fraction of sp³-hybridized carbons (Fsp3) is 0.625. The number of Topliss-reactive ketones (excluding diaryl/α,β-unsaturated/α-hetero) is 1. The summed E-state index contributed by atoms with van der Waals surface area (Å²) in [5, 5.41) is 12.7. The molecule has 1 aliphatic rings. The maximum absolute atomic E-state index is 11.9. The number of amides is 1. The van der Waals surface area contributed by atoms with Gasteiger partial charge >= 0.3 is 0 Å². The van der Waals surface area contributed by atoms with Crippen molar-refractivity contribution < 1.29 is 14.7 Å². The van der Waals surface area contributed by atoms with Crippen molar-refractivity contribution in [2.24, 2.45) is 5.92 Å². The number of aromatic nitrogens is 1. The Labute approximate surface area is 130 Å². The number of ketones is 1. The molecule has 1 atom stereocenters. The predicted octanol–water partition coefficient (Wildman–Crippen LogP) is 1.04. The van der Waals surface area contributed by atoms with E-state index in [0.29, 0.717) is 17.8 Å². The molecular formula is C16H25N3O3. The van der Waals surface area contributed by atoms with E-state index >= 15 is 0 Å². The molecular weight excluding hydrogens is 282 g/mol. The Balaban J connectivity index is 1.74. The SMILES string of the molecule is CC(=O)c1c[nH]c(C(=O)NCC(O)CN2CCC(C)CC2)c1. The minimum Gasteiger partial charge on any atom is -0.390 e. The van der Waals surface area contributed by atoms with Crippen molar-refractivity contribution in [1.82, 2.24) is 15.2 Å². The van der Waals surface area contributed by atoms with Crippen molar-refractivity contribution in [2.45, 2.75) is 32.8 Å². The molecule has 0 radical (unpaired) electrons. The normalized spacial score (nSPS) is 18.1. The maximum Gasteiger partial charge on any atom is 0.267 e. The molecule has 1 aromatic heterocycles. The summed E-state index contributed by atoms with van der Waals surface area (Å²) in [6, 6.07) is 1.52. The van der Waals surface area contributed by atoms with Crippen molar-refractivity contribution in [2.75, 3.05) is 26.2 Å². The second kappa shape index (κ2) is 7.56. The Kier molecular flexibility index (Phi) is 5.74. The van der Waals surface area contributed by atoms with Gasteiger partial charge in [-0.15, -0.1) is 0 Å². The van der Waals surface area contributed by atoms with Gasteiger partial charge in [0.15, 0.2) is 5.78 Å². The zero-order chi connectivity index (χ0) is 16.1. The van der Waals surface area contributed by atoms with Crippen LogP contribution in [0.25, 0.3) is 0 Å². The summed E-state index contributed by atoms with van der Waals surface area (Å²) in [4.78, 5) is 28.1. The Morgan fingerprint density at radius 3 is 2.73 bits per heavy atom. The molecule has 1 aliphatic heterocycles. The van der Waals surface area contributed by atoms with Crippen molar-refractivity contribution in [3.05, 3.63) is 23.5 Å². The number of nitrogens with zero attached hydrogens (tertiary/aromatic N) is 1. The zero-order valence-corrected chi connectivity index (χ0v) is 13.3. The number of nitrogens with one attached hydrogen (secondary N) is 2. The van der Waals surface area contributed by atoms with E-state index in [0.717, 1.165) is 31.8 Å². The number of H-pyrrole nitrogens is 1. The molecule has 0 spiro atoms. The molecule has 0 saturated carbocycles.